The summed E-state index contributed by atoms with van der Waals surface area (Å²) in [4.78, 5) is 8.25. The molecule has 0 saturated heterocycles. The molecule has 0 aliphatic rings. The highest BCUT2D eigenvalue weighted by atomic mass is 15.1. The van der Waals surface area contributed by atoms with E-state index in [2.05, 4.69) is 23.2 Å². The molecule has 0 atom stereocenters. The van der Waals surface area contributed by atoms with Gasteiger partial charge in [0.2, 0.25) is 0 Å². The summed E-state index contributed by atoms with van der Waals surface area (Å²) in [6.07, 6.45) is 7.06. The third kappa shape index (κ3) is 1.54. The Balaban J connectivity index is 2.35. The molecule has 0 spiro atoms. The van der Waals surface area contributed by atoms with Crippen molar-refractivity contribution in [3.05, 3.63) is 24.7 Å². The highest BCUT2D eigenvalue weighted by molar-refractivity contribution is 5.69. The topological polar surface area (TPSA) is 30.7 Å². The lowest BCUT2D eigenvalue weighted by Crippen LogP contribution is -1.95. The lowest BCUT2D eigenvalue weighted by atomic mass is 10.3. The first-order chi connectivity index (χ1) is 6.42. The number of hydrogen-bond donors (Lipinski definition) is 0. The summed E-state index contributed by atoms with van der Waals surface area (Å²) in [5.41, 5.74) is 1.87. The van der Waals surface area contributed by atoms with Crippen LogP contribution in [0.1, 0.15) is 19.8 Å². The summed E-state index contributed by atoms with van der Waals surface area (Å²) in [5.74, 6) is 0. The molecule has 0 fully saturated rings. The Morgan fingerprint density at radius 2 is 2.46 bits per heavy atom. The SMILES string of the molecule is CCCCn1[c]nc2ncccc21. The van der Waals surface area contributed by atoms with E-state index in [9.17, 15) is 0 Å². The number of nitrogens with zero attached hydrogens (tertiary/aromatic N) is 3. The quantitative estimate of drug-likeness (QED) is 0.712. The van der Waals surface area contributed by atoms with Gasteiger partial charge < -0.3 is 4.57 Å². The van der Waals surface area contributed by atoms with E-state index >= 15 is 0 Å². The number of aromatic nitrogens is 3. The van der Waals surface area contributed by atoms with Crippen LogP contribution in [0.2, 0.25) is 0 Å². The Labute approximate surface area is 77.4 Å². The molecule has 3 nitrogen and oxygen atoms in total. The van der Waals surface area contributed by atoms with Gasteiger partial charge in [-0.05, 0) is 18.6 Å². The van der Waals surface area contributed by atoms with Crippen LogP contribution in [-0.2, 0) is 6.54 Å². The van der Waals surface area contributed by atoms with E-state index in [0.717, 1.165) is 24.1 Å². The van der Waals surface area contributed by atoms with Gasteiger partial charge in [-0.3, -0.25) is 0 Å². The summed E-state index contributed by atoms with van der Waals surface area (Å²) in [5, 5.41) is 0. The van der Waals surface area contributed by atoms with Crippen molar-refractivity contribution in [2.24, 2.45) is 0 Å². The molecule has 1 radical (unpaired) electrons. The van der Waals surface area contributed by atoms with E-state index in [4.69, 9.17) is 0 Å². The molecule has 67 valence electrons. The summed E-state index contributed by atoms with van der Waals surface area (Å²) in [7, 11) is 0. The molecule has 13 heavy (non-hydrogen) atoms. The summed E-state index contributed by atoms with van der Waals surface area (Å²) < 4.78 is 2.03. The van der Waals surface area contributed by atoms with Gasteiger partial charge in [-0.1, -0.05) is 13.3 Å². The van der Waals surface area contributed by atoms with Crippen molar-refractivity contribution in [3.63, 3.8) is 0 Å². The van der Waals surface area contributed by atoms with Crippen LogP contribution in [0, 0.1) is 6.33 Å². The predicted molar refractivity (Wildman–Crippen MR) is 51.3 cm³/mol. The number of imidazole rings is 1. The van der Waals surface area contributed by atoms with Gasteiger partial charge in [0, 0.05) is 12.7 Å². The van der Waals surface area contributed by atoms with Crippen LogP contribution in [-0.4, -0.2) is 14.5 Å². The van der Waals surface area contributed by atoms with Gasteiger partial charge in [0.1, 0.15) is 0 Å². The van der Waals surface area contributed by atoms with E-state index in [0.29, 0.717) is 0 Å². The zero-order valence-corrected chi connectivity index (χ0v) is 7.70. The van der Waals surface area contributed by atoms with Crippen LogP contribution in [0.25, 0.3) is 11.2 Å². The Kier molecular flexibility index (Phi) is 2.25. The van der Waals surface area contributed by atoms with Gasteiger partial charge in [0.25, 0.3) is 0 Å². The van der Waals surface area contributed by atoms with Gasteiger partial charge in [-0.2, -0.15) is 0 Å². The first-order valence-corrected chi connectivity index (χ1v) is 4.60. The van der Waals surface area contributed by atoms with Crippen molar-refractivity contribution in [1.29, 1.82) is 0 Å². The maximum atomic E-state index is 4.15. The fraction of sp³-hybridized carbons (Fsp3) is 0.400. The molecule has 0 aliphatic carbocycles. The minimum absolute atomic E-state index is 0.790. The maximum Gasteiger partial charge on any atom is 0.179 e. The second kappa shape index (κ2) is 3.56. The first kappa shape index (κ1) is 8.23. The molecular formula is C10H12N3. The lowest BCUT2D eigenvalue weighted by Gasteiger charge is -2.00. The molecule has 0 N–H and O–H groups in total. The number of pyridine rings is 1. The second-order valence-electron chi connectivity index (χ2n) is 3.06. The highest BCUT2D eigenvalue weighted by Gasteiger charge is 2.01. The van der Waals surface area contributed by atoms with Crippen LogP contribution in [0.3, 0.4) is 0 Å². The largest absolute Gasteiger partial charge is 0.320 e. The fourth-order valence-corrected chi connectivity index (χ4v) is 1.33. The minimum Gasteiger partial charge on any atom is -0.320 e. The van der Waals surface area contributed by atoms with Crippen molar-refractivity contribution >= 4 is 11.2 Å². The third-order valence-electron chi connectivity index (χ3n) is 2.07. The smallest absolute Gasteiger partial charge is 0.179 e. The molecule has 0 bridgehead atoms. The van der Waals surface area contributed by atoms with Crippen LogP contribution >= 0.6 is 0 Å². The molecule has 2 aromatic heterocycles. The Hall–Kier alpha value is -1.38. The highest BCUT2D eigenvalue weighted by Crippen LogP contribution is 2.09. The van der Waals surface area contributed by atoms with E-state index in [-0.39, 0.29) is 0 Å². The molecular weight excluding hydrogens is 162 g/mol. The van der Waals surface area contributed by atoms with Crippen molar-refractivity contribution < 1.29 is 0 Å². The molecule has 0 amide bonds. The molecule has 2 aromatic rings. The van der Waals surface area contributed by atoms with E-state index in [1.54, 1.807) is 6.20 Å². The summed E-state index contributed by atoms with van der Waals surface area (Å²) in [6.45, 7) is 3.16. The number of rotatable bonds is 3. The molecule has 0 aliphatic heterocycles. The van der Waals surface area contributed by atoms with Gasteiger partial charge in [-0.25, -0.2) is 9.97 Å². The van der Waals surface area contributed by atoms with Crippen LogP contribution in [0.15, 0.2) is 18.3 Å². The monoisotopic (exact) mass is 174 g/mol. The average Bonchev–Trinajstić information content (AvgIpc) is 2.58. The normalized spacial score (nSPS) is 10.8. The van der Waals surface area contributed by atoms with Crippen LogP contribution < -0.4 is 0 Å². The Bertz CT molecular complexity index is 392. The van der Waals surface area contributed by atoms with E-state index in [1.807, 2.05) is 16.7 Å². The van der Waals surface area contributed by atoms with Gasteiger partial charge in [0.15, 0.2) is 12.0 Å². The third-order valence-corrected chi connectivity index (χ3v) is 2.07. The van der Waals surface area contributed by atoms with Crippen molar-refractivity contribution in [2.45, 2.75) is 26.3 Å². The molecule has 0 aromatic carbocycles. The first-order valence-electron chi connectivity index (χ1n) is 4.60. The van der Waals surface area contributed by atoms with Gasteiger partial charge >= 0.3 is 0 Å². The van der Waals surface area contributed by atoms with Crippen molar-refractivity contribution in [1.82, 2.24) is 14.5 Å². The van der Waals surface area contributed by atoms with Crippen LogP contribution in [0.4, 0.5) is 0 Å². The van der Waals surface area contributed by atoms with Gasteiger partial charge in [-0.15, -0.1) is 0 Å². The fourth-order valence-electron chi connectivity index (χ4n) is 1.33. The lowest BCUT2D eigenvalue weighted by molar-refractivity contribution is 0.642. The van der Waals surface area contributed by atoms with Crippen molar-refractivity contribution in [2.75, 3.05) is 0 Å². The molecule has 2 rings (SSSR count). The summed E-state index contributed by atoms with van der Waals surface area (Å²) >= 11 is 0. The maximum absolute atomic E-state index is 4.15. The predicted octanol–water partition coefficient (Wildman–Crippen LogP) is 2.03. The van der Waals surface area contributed by atoms with Gasteiger partial charge in [0.05, 0.1) is 5.52 Å². The van der Waals surface area contributed by atoms with Crippen molar-refractivity contribution in [3.8, 4) is 0 Å². The zero-order chi connectivity index (χ0) is 9.10. The Morgan fingerprint density at radius 1 is 1.54 bits per heavy atom. The molecule has 3 heteroatoms. The Morgan fingerprint density at radius 3 is 3.31 bits per heavy atom. The number of aryl methyl sites for hydroxylation is 1. The van der Waals surface area contributed by atoms with Crippen LogP contribution in [0.5, 0.6) is 0 Å². The molecule has 0 saturated carbocycles. The summed E-state index contributed by atoms with van der Waals surface area (Å²) in [6, 6.07) is 3.96. The number of fused-ring (bicyclic) bond motifs is 1. The van der Waals surface area contributed by atoms with E-state index in [1.165, 1.54) is 6.42 Å². The zero-order valence-electron chi connectivity index (χ0n) is 7.70. The molecule has 2 heterocycles. The molecule has 0 unspecified atom stereocenters. The number of unbranched alkanes of at least 4 members (excludes halogenated alkanes) is 1. The second-order valence-corrected chi connectivity index (χ2v) is 3.06. The van der Waals surface area contributed by atoms with E-state index < -0.39 is 0 Å². The average molecular weight is 174 g/mol. The standard InChI is InChI=1S/C10H12N3/c1-2-3-7-13-8-12-10-9(13)5-4-6-11-10/h4-6H,2-3,7H2,1H3. The number of hydrogen-bond acceptors (Lipinski definition) is 2. The minimum atomic E-state index is 0.790.